The number of carboxylic acid groups (broad SMARTS) is 1. The first-order valence-electron chi connectivity index (χ1n) is 5.61. The highest BCUT2D eigenvalue weighted by molar-refractivity contribution is 7.17. The Kier molecular flexibility index (Phi) is 2.94. The van der Waals surface area contributed by atoms with Crippen molar-refractivity contribution < 1.29 is 23.1 Å². The van der Waals surface area contributed by atoms with E-state index in [0.717, 1.165) is 0 Å². The van der Waals surface area contributed by atoms with Gasteiger partial charge in [0.2, 0.25) is 0 Å². The van der Waals surface area contributed by atoms with Gasteiger partial charge in [0.05, 0.1) is 0 Å². The molecule has 0 saturated carbocycles. The van der Waals surface area contributed by atoms with Crippen LogP contribution in [0.2, 0.25) is 0 Å². The van der Waals surface area contributed by atoms with Gasteiger partial charge in [-0.3, -0.25) is 0 Å². The quantitative estimate of drug-likeness (QED) is 0.789. The van der Waals surface area contributed by atoms with Crippen molar-refractivity contribution in [3.63, 3.8) is 0 Å². The van der Waals surface area contributed by atoms with E-state index in [0.29, 0.717) is 17.0 Å². The van der Waals surface area contributed by atoms with Crippen molar-refractivity contribution in [1.29, 1.82) is 0 Å². The lowest BCUT2D eigenvalue weighted by molar-refractivity contribution is -0.141. The first-order valence-corrected chi connectivity index (χ1v) is 6.43. The summed E-state index contributed by atoms with van der Waals surface area (Å²) in [5.41, 5.74) is -0.663. The molecule has 0 aromatic carbocycles. The van der Waals surface area contributed by atoms with Crippen LogP contribution >= 0.6 is 11.3 Å². The number of halogens is 3. The third-order valence-electron chi connectivity index (χ3n) is 2.67. The van der Waals surface area contributed by atoms with Crippen molar-refractivity contribution in [2.24, 2.45) is 0 Å². The van der Waals surface area contributed by atoms with Crippen LogP contribution in [-0.4, -0.2) is 25.4 Å². The lowest BCUT2D eigenvalue weighted by Crippen LogP contribution is -2.11. The molecular weight excluding hydrogens is 307 g/mol. The highest BCUT2D eigenvalue weighted by Gasteiger charge is 2.40. The molecule has 3 aromatic heterocycles. The van der Waals surface area contributed by atoms with Gasteiger partial charge in [-0.25, -0.2) is 14.8 Å². The van der Waals surface area contributed by atoms with E-state index < -0.39 is 22.7 Å². The fourth-order valence-corrected chi connectivity index (χ4v) is 2.68. The second kappa shape index (κ2) is 4.55. The molecule has 0 radical (unpaired) electrons. The second-order valence-electron chi connectivity index (χ2n) is 4.09. The van der Waals surface area contributed by atoms with E-state index in [4.69, 9.17) is 5.11 Å². The molecule has 3 aromatic rings. The number of thiazole rings is 1. The predicted octanol–water partition coefficient (Wildman–Crippen LogP) is 3.17. The molecule has 0 spiro atoms. The van der Waals surface area contributed by atoms with Crippen LogP contribution < -0.4 is 0 Å². The zero-order chi connectivity index (χ0) is 15.2. The summed E-state index contributed by atoms with van der Waals surface area (Å²) in [5, 5.41) is 8.79. The van der Waals surface area contributed by atoms with Crippen LogP contribution in [0.5, 0.6) is 0 Å². The van der Waals surface area contributed by atoms with Crippen LogP contribution in [0.1, 0.15) is 15.4 Å². The summed E-state index contributed by atoms with van der Waals surface area (Å²) in [4.78, 5) is 17.6. The van der Waals surface area contributed by atoms with E-state index in [9.17, 15) is 18.0 Å². The van der Waals surface area contributed by atoms with Crippen LogP contribution in [-0.2, 0) is 6.18 Å². The predicted molar refractivity (Wildman–Crippen MR) is 68.3 cm³/mol. The average molecular weight is 313 g/mol. The number of rotatable bonds is 2. The summed E-state index contributed by atoms with van der Waals surface area (Å²) in [5.74, 6) is -1.66. The summed E-state index contributed by atoms with van der Waals surface area (Å²) in [6.07, 6.45) is -1.64. The zero-order valence-electron chi connectivity index (χ0n) is 10.1. The van der Waals surface area contributed by atoms with Crippen molar-refractivity contribution in [2.45, 2.75) is 6.18 Å². The Hall–Kier alpha value is -2.42. The maximum absolute atomic E-state index is 12.8. The van der Waals surface area contributed by atoms with Crippen molar-refractivity contribution in [3.8, 4) is 10.7 Å². The van der Waals surface area contributed by atoms with Gasteiger partial charge in [-0.15, -0.1) is 11.3 Å². The molecule has 0 aliphatic heterocycles. The van der Waals surface area contributed by atoms with Crippen LogP contribution in [0.3, 0.4) is 0 Å². The maximum atomic E-state index is 12.8. The molecule has 0 aliphatic rings. The fourth-order valence-electron chi connectivity index (χ4n) is 1.80. The number of imidazole rings is 1. The normalized spacial score (nSPS) is 12.0. The third-order valence-corrected chi connectivity index (χ3v) is 3.74. The topological polar surface area (TPSA) is 67.5 Å². The SMILES string of the molecule is O=C(O)c1sc(-c2cn3ccccc3n2)nc1C(F)(F)F. The second-order valence-corrected chi connectivity index (χ2v) is 5.09. The minimum absolute atomic E-state index is 0.0802. The van der Waals surface area contributed by atoms with Crippen molar-refractivity contribution in [1.82, 2.24) is 14.4 Å². The number of pyridine rings is 1. The van der Waals surface area contributed by atoms with Gasteiger partial charge in [0.15, 0.2) is 5.69 Å². The number of carbonyl (C=O) groups is 1. The Bertz CT molecular complexity index is 805. The number of fused-ring (bicyclic) bond motifs is 1. The molecule has 21 heavy (non-hydrogen) atoms. The number of hydrogen-bond donors (Lipinski definition) is 1. The molecule has 3 heterocycles. The Balaban J connectivity index is 2.16. The number of hydrogen-bond acceptors (Lipinski definition) is 4. The third kappa shape index (κ3) is 2.35. The highest BCUT2D eigenvalue weighted by Crippen LogP contribution is 2.37. The minimum atomic E-state index is -4.82. The van der Waals surface area contributed by atoms with Gasteiger partial charge in [0.25, 0.3) is 0 Å². The van der Waals surface area contributed by atoms with Crippen molar-refractivity contribution in [3.05, 3.63) is 41.2 Å². The number of carboxylic acids is 1. The molecule has 9 heteroatoms. The molecule has 3 rings (SSSR count). The molecule has 0 saturated heterocycles. The van der Waals surface area contributed by atoms with E-state index in [-0.39, 0.29) is 10.7 Å². The summed E-state index contributed by atoms with van der Waals surface area (Å²) >= 11 is 0.456. The van der Waals surface area contributed by atoms with Gasteiger partial charge >= 0.3 is 12.1 Å². The van der Waals surface area contributed by atoms with Gasteiger partial charge in [-0.2, -0.15) is 13.2 Å². The van der Waals surface area contributed by atoms with Gasteiger partial charge < -0.3 is 9.51 Å². The summed E-state index contributed by atoms with van der Waals surface area (Å²) in [6, 6.07) is 5.15. The van der Waals surface area contributed by atoms with Crippen LogP contribution in [0.25, 0.3) is 16.3 Å². The molecule has 0 amide bonds. The Morgan fingerprint density at radius 3 is 2.62 bits per heavy atom. The number of aromatic nitrogens is 3. The summed E-state index contributed by atoms with van der Waals surface area (Å²) in [6.45, 7) is 0. The molecular formula is C12H6F3N3O2S. The smallest absolute Gasteiger partial charge is 0.435 e. The number of alkyl halides is 3. The zero-order valence-corrected chi connectivity index (χ0v) is 10.9. The van der Waals surface area contributed by atoms with Crippen LogP contribution in [0.4, 0.5) is 13.2 Å². The van der Waals surface area contributed by atoms with Gasteiger partial charge in [0.1, 0.15) is 21.2 Å². The van der Waals surface area contributed by atoms with Gasteiger partial charge in [-0.1, -0.05) is 6.07 Å². The highest BCUT2D eigenvalue weighted by atomic mass is 32.1. The maximum Gasteiger partial charge on any atom is 0.435 e. The summed E-state index contributed by atoms with van der Waals surface area (Å²) < 4.78 is 40.0. The lowest BCUT2D eigenvalue weighted by atomic mass is 10.3. The van der Waals surface area contributed by atoms with E-state index in [1.54, 1.807) is 28.8 Å². The Labute approximate surface area is 119 Å². The Morgan fingerprint density at radius 2 is 2.05 bits per heavy atom. The first-order chi connectivity index (χ1) is 9.86. The van der Waals surface area contributed by atoms with Crippen LogP contribution in [0.15, 0.2) is 30.6 Å². The minimum Gasteiger partial charge on any atom is -0.477 e. The largest absolute Gasteiger partial charge is 0.477 e. The molecule has 1 N–H and O–H groups in total. The number of aromatic carboxylic acids is 1. The van der Waals surface area contributed by atoms with Crippen molar-refractivity contribution in [2.75, 3.05) is 0 Å². The van der Waals surface area contributed by atoms with Gasteiger partial charge in [0, 0.05) is 12.4 Å². The summed E-state index contributed by atoms with van der Waals surface area (Å²) in [7, 11) is 0. The Morgan fingerprint density at radius 1 is 1.29 bits per heavy atom. The van der Waals surface area contributed by atoms with E-state index >= 15 is 0 Å². The van der Waals surface area contributed by atoms with Crippen LogP contribution in [0, 0.1) is 0 Å². The fraction of sp³-hybridized carbons (Fsp3) is 0.0833. The van der Waals surface area contributed by atoms with E-state index in [1.807, 2.05) is 0 Å². The van der Waals surface area contributed by atoms with E-state index in [2.05, 4.69) is 9.97 Å². The standard InChI is InChI=1S/C12H6F3N3O2S/c13-12(14,15)9-8(11(19)20)21-10(17-9)6-5-18-4-2-1-3-7(18)16-6/h1-5H,(H,19,20). The molecule has 0 unspecified atom stereocenters. The molecule has 0 fully saturated rings. The molecule has 0 aliphatic carbocycles. The van der Waals surface area contributed by atoms with E-state index in [1.165, 1.54) is 6.20 Å². The molecule has 5 nitrogen and oxygen atoms in total. The molecule has 0 bridgehead atoms. The first kappa shape index (κ1) is 13.6. The van der Waals surface area contributed by atoms with Gasteiger partial charge in [-0.05, 0) is 12.1 Å². The monoisotopic (exact) mass is 313 g/mol. The van der Waals surface area contributed by atoms with Crippen molar-refractivity contribution >= 4 is 23.0 Å². The number of nitrogens with zero attached hydrogens (tertiary/aromatic N) is 3. The lowest BCUT2D eigenvalue weighted by Gasteiger charge is -2.02. The molecule has 108 valence electrons. The molecule has 0 atom stereocenters. The average Bonchev–Trinajstić information content (AvgIpc) is 3.02.